The number of halogens is 3. The molecule has 0 saturated carbocycles. The third-order valence-corrected chi connectivity index (χ3v) is 3.08. The summed E-state index contributed by atoms with van der Waals surface area (Å²) >= 11 is 17.8. The Kier molecular flexibility index (Phi) is 5.16. The van der Waals surface area contributed by atoms with Gasteiger partial charge >= 0.3 is 0 Å². The van der Waals surface area contributed by atoms with E-state index in [0.717, 1.165) is 5.56 Å². The van der Waals surface area contributed by atoms with Gasteiger partial charge in [-0.2, -0.15) is 0 Å². The molecule has 0 spiro atoms. The summed E-state index contributed by atoms with van der Waals surface area (Å²) in [4.78, 5) is 0. The van der Waals surface area contributed by atoms with Crippen LogP contribution in [0.15, 0.2) is 12.1 Å². The Morgan fingerprint density at radius 2 is 1.87 bits per heavy atom. The fourth-order valence-corrected chi connectivity index (χ4v) is 1.82. The molecule has 15 heavy (non-hydrogen) atoms. The second-order valence-corrected chi connectivity index (χ2v) is 4.49. The van der Waals surface area contributed by atoms with Crippen molar-refractivity contribution in [1.82, 2.24) is 5.32 Å². The van der Waals surface area contributed by atoms with E-state index in [-0.39, 0.29) is 0 Å². The van der Waals surface area contributed by atoms with Crippen molar-refractivity contribution >= 4 is 34.8 Å². The fraction of sp³-hybridized carbons (Fsp3) is 0.400. The van der Waals surface area contributed by atoms with Gasteiger partial charge < -0.3 is 10.4 Å². The Bertz CT molecular complexity index is 342. The van der Waals surface area contributed by atoms with Crippen LogP contribution in [0.4, 0.5) is 0 Å². The second-order valence-electron chi connectivity index (χ2n) is 3.30. The van der Waals surface area contributed by atoms with Gasteiger partial charge in [-0.15, -0.1) is 0 Å². The first-order valence-electron chi connectivity index (χ1n) is 4.53. The monoisotopic (exact) mass is 267 g/mol. The molecule has 0 saturated heterocycles. The number of hydrogen-bond donors (Lipinski definition) is 2. The highest BCUT2D eigenvalue weighted by Crippen LogP contribution is 2.31. The molecule has 2 N–H and O–H groups in total. The SMILES string of the molecule is CC(O)CNCc1c(Cl)ccc(Cl)c1Cl. The van der Waals surface area contributed by atoms with E-state index in [2.05, 4.69) is 5.32 Å². The third-order valence-electron chi connectivity index (χ3n) is 1.88. The van der Waals surface area contributed by atoms with Crippen LogP contribution in [0.2, 0.25) is 15.1 Å². The predicted octanol–water partition coefficient (Wildman–Crippen LogP) is 3.12. The second kappa shape index (κ2) is 5.92. The number of benzene rings is 1. The van der Waals surface area contributed by atoms with E-state index >= 15 is 0 Å². The molecular formula is C10H12Cl3NO. The minimum atomic E-state index is -0.401. The Morgan fingerprint density at radius 1 is 1.27 bits per heavy atom. The minimum absolute atomic E-state index is 0.401. The van der Waals surface area contributed by atoms with Crippen LogP contribution >= 0.6 is 34.8 Å². The van der Waals surface area contributed by atoms with Crippen LogP contribution in [-0.4, -0.2) is 17.8 Å². The molecule has 0 aliphatic rings. The molecule has 0 amide bonds. The summed E-state index contributed by atoms with van der Waals surface area (Å²) in [7, 11) is 0. The number of hydrogen-bond acceptors (Lipinski definition) is 2. The molecule has 1 aromatic rings. The zero-order valence-corrected chi connectivity index (χ0v) is 10.5. The smallest absolute Gasteiger partial charge is 0.0652 e. The average molecular weight is 269 g/mol. The predicted molar refractivity (Wildman–Crippen MR) is 64.9 cm³/mol. The van der Waals surface area contributed by atoms with Crippen molar-refractivity contribution in [3.63, 3.8) is 0 Å². The molecule has 1 atom stereocenters. The summed E-state index contributed by atoms with van der Waals surface area (Å²) in [5, 5.41) is 13.6. The molecule has 1 unspecified atom stereocenters. The van der Waals surface area contributed by atoms with E-state index < -0.39 is 6.10 Å². The Labute approximate surface area is 104 Å². The van der Waals surface area contributed by atoms with Gasteiger partial charge in [0.1, 0.15) is 0 Å². The van der Waals surface area contributed by atoms with Crippen LogP contribution in [0, 0.1) is 0 Å². The van der Waals surface area contributed by atoms with Crippen molar-refractivity contribution in [2.24, 2.45) is 0 Å². The molecule has 1 rings (SSSR count). The first kappa shape index (κ1) is 13.1. The number of aliphatic hydroxyl groups excluding tert-OH is 1. The molecule has 1 aromatic carbocycles. The fourth-order valence-electron chi connectivity index (χ4n) is 1.14. The highest BCUT2D eigenvalue weighted by Gasteiger charge is 2.09. The van der Waals surface area contributed by atoms with Gasteiger partial charge in [-0.3, -0.25) is 0 Å². The normalized spacial score (nSPS) is 12.9. The molecule has 0 aliphatic heterocycles. The minimum Gasteiger partial charge on any atom is -0.392 e. The van der Waals surface area contributed by atoms with Crippen molar-refractivity contribution in [1.29, 1.82) is 0 Å². The molecule has 84 valence electrons. The van der Waals surface area contributed by atoms with Crippen LogP contribution in [0.5, 0.6) is 0 Å². The number of nitrogens with one attached hydrogen (secondary N) is 1. The summed E-state index contributed by atoms with van der Waals surface area (Å²) in [6.45, 7) is 2.68. The van der Waals surface area contributed by atoms with Crippen LogP contribution in [0.25, 0.3) is 0 Å². The topological polar surface area (TPSA) is 32.3 Å². The van der Waals surface area contributed by atoms with Gasteiger partial charge in [0.25, 0.3) is 0 Å². The zero-order valence-electron chi connectivity index (χ0n) is 8.23. The number of rotatable bonds is 4. The van der Waals surface area contributed by atoms with Gasteiger partial charge in [-0.05, 0) is 19.1 Å². The van der Waals surface area contributed by atoms with Crippen molar-refractivity contribution in [3.8, 4) is 0 Å². The first-order valence-corrected chi connectivity index (χ1v) is 5.67. The highest BCUT2D eigenvalue weighted by atomic mass is 35.5. The Hall–Kier alpha value is 0.01000. The lowest BCUT2D eigenvalue weighted by atomic mass is 10.2. The zero-order chi connectivity index (χ0) is 11.4. The molecule has 0 bridgehead atoms. The summed E-state index contributed by atoms with van der Waals surface area (Å²) in [5.41, 5.74) is 0.756. The summed E-state index contributed by atoms with van der Waals surface area (Å²) < 4.78 is 0. The van der Waals surface area contributed by atoms with E-state index in [4.69, 9.17) is 39.9 Å². The van der Waals surface area contributed by atoms with Crippen LogP contribution in [0.3, 0.4) is 0 Å². The van der Waals surface area contributed by atoms with E-state index in [1.165, 1.54) is 0 Å². The highest BCUT2D eigenvalue weighted by molar-refractivity contribution is 6.44. The maximum Gasteiger partial charge on any atom is 0.0652 e. The van der Waals surface area contributed by atoms with Crippen molar-refractivity contribution in [2.75, 3.05) is 6.54 Å². The molecule has 2 nitrogen and oxygen atoms in total. The molecule has 0 fully saturated rings. The van der Waals surface area contributed by atoms with Gasteiger partial charge in [-0.25, -0.2) is 0 Å². The van der Waals surface area contributed by atoms with Crippen molar-refractivity contribution < 1.29 is 5.11 Å². The van der Waals surface area contributed by atoms with Gasteiger partial charge in [0.15, 0.2) is 0 Å². The summed E-state index contributed by atoms with van der Waals surface area (Å²) in [6.07, 6.45) is -0.401. The molecule has 0 radical (unpaired) electrons. The lowest BCUT2D eigenvalue weighted by molar-refractivity contribution is 0.191. The lowest BCUT2D eigenvalue weighted by Crippen LogP contribution is -2.24. The van der Waals surface area contributed by atoms with Crippen LogP contribution in [0.1, 0.15) is 12.5 Å². The molecule has 5 heteroatoms. The number of aliphatic hydroxyl groups is 1. The Morgan fingerprint density at radius 3 is 2.47 bits per heavy atom. The van der Waals surface area contributed by atoms with Crippen molar-refractivity contribution in [3.05, 3.63) is 32.8 Å². The van der Waals surface area contributed by atoms with Crippen LogP contribution in [-0.2, 0) is 6.54 Å². The quantitative estimate of drug-likeness (QED) is 0.823. The van der Waals surface area contributed by atoms with E-state index in [1.807, 2.05) is 0 Å². The van der Waals surface area contributed by atoms with Crippen molar-refractivity contribution in [2.45, 2.75) is 19.6 Å². The molecule has 0 aliphatic carbocycles. The maximum atomic E-state index is 9.07. The largest absolute Gasteiger partial charge is 0.392 e. The molecule has 0 heterocycles. The average Bonchev–Trinajstić information content (AvgIpc) is 2.17. The Balaban J connectivity index is 2.71. The third kappa shape index (κ3) is 3.82. The summed E-state index contributed by atoms with van der Waals surface area (Å²) in [5.74, 6) is 0. The van der Waals surface area contributed by atoms with E-state index in [1.54, 1.807) is 19.1 Å². The van der Waals surface area contributed by atoms with E-state index in [9.17, 15) is 0 Å². The lowest BCUT2D eigenvalue weighted by Gasteiger charge is -2.10. The molecular weight excluding hydrogens is 256 g/mol. The summed E-state index contributed by atoms with van der Waals surface area (Å²) in [6, 6.07) is 3.36. The van der Waals surface area contributed by atoms with Crippen LogP contribution < -0.4 is 5.32 Å². The standard InChI is InChI=1S/C10H12Cl3NO/c1-6(15)4-14-5-7-8(11)2-3-9(12)10(7)13/h2-3,6,14-15H,4-5H2,1H3. The van der Waals surface area contributed by atoms with Gasteiger partial charge in [0.2, 0.25) is 0 Å². The van der Waals surface area contributed by atoms with Gasteiger partial charge in [0.05, 0.1) is 16.1 Å². The molecule has 0 aromatic heterocycles. The maximum absolute atomic E-state index is 9.07. The van der Waals surface area contributed by atoms with Gasteiger partial charge in [-0.1, -0.05) is 34.8 Å². The first-order chi connectivity index (χ1) is 7.02. The van der Waals surface area contributed by atoms with Gasteiger partial charge in [0, 0.05) is 23.7 Å². The van der Waals surface area contributed by atoms with E-state index in [0.29, 0.717) is 28.2 Å².